The van der Waals surface area contributed by atoms with Crippen LogP contribution in [-0.4, -0.2) is 46.8 Å². The van der Waals surface area contributed by atoms with E-state index in [0.717, 1.165) is 30.9 Å². The van der Waals surface area contributed by atoms with Gasteiger partial charge in [-0.05, 0) is 48.1 Å². The van der Waals surface area contributed by atoms with E-state index in [2.05, 4.69) is 18.3 Å². The summed E-state index contributed by atoms with van der Waals surface area (Å²) in [7, 11) is 0. The monoisotopic (exact) mass is 509 g/mol. The van der Waals surface area contributed by atoms with Crippen molar-refractivity contribution in [1.82, 2.24) is 5.32 Å². The molecule has 194 valence electrons. The number of benzene rings is 2. The molecule has 2 rings (SSSR count). The van der Waals surface area contributed by atoms with Gasteiger partial charge in [-0.1, -0.05) is 55.7 Å². The standard InChI is InChI=1S/C26H37F2N3O3S/c1-3-5-9-35(33)17-24(30)26(32)34-25(16-31-15-19-8-6-7-18(4-2)10-19)23(29)13-20-11-21(27)14-22(28)12-20/h6-8,10-12,14,23-25,31H,3-5,9,13,15-17,29-30H2,1-2H3/t23-,24+,25+,35?/m0/s1. The van der Waals surface area contributed by atoms with Gasteiger partial charge in [0.1, 0.15) is 35.3 Å². The molecule has 0 amide bonds. The third-order valence-electron chi connectivity index (χ3n) is 5.61. The Kier molecular flexibility index (Phi) is 12.6. The van der Waals surface area contributed by atoms with Crippen LogP contribution in [0.1, 0.15) is 43.4 Å². The minimum atomic E-state index is -1.22. The third kappa shape index (κ3) is 10.6. The molecular weight excluding hydrogens is 472 g/mol. The van der Waals surface area contributed by atoms with E-state index >= 15 is 0 Å². The lowest BCUT2D eigenvalue weighted by atomic mass is 10.0. The summed E-state index contributed by atoms with van der Waals surface area (Å²) in [6.45, 7) is 4.81. The minimum Gasteiger partial charge on any atom is -0.616 e. The van der Waals surface area contributed by atoms with Crippen LogP contribution in [0.3, 0.4) is 0 Å². The van der Waals surface area contributed by atoms with Crippen LogP contribution in [0.2, 0.25) is 0 Å². The molecule has 0 aromatic heterocycles. The van der Waals surface area contributed by atoms with Crippen LogP contribution in [-0.2, 0) is 40.1 Å². The van der Waals surface area contributed by atoms with Gasteiger partial charge >= 0.3 is 5.97 Å². The van der Waals surface area contributed by atoms with Gasteiger partial charge in [-0.3, -0.25) is 4.79 Å². The van der Waals surface area contributed by atoms with Crippen molar-refractivity contribution < 1.29 is 22.9 Å². The zero-order valence-electron chi connectivity index (χ0n) is 20.5. The molecule has 9 heteroatoms. The minimum absolute atomic E-state index is 0.00708. The summed E-state index contributed by atoms with van der Waals surface area (Å²) in [4.78, 5) is 12.7. The maximum absolute atomic E-state index is 13.6. The van der Waals surface area contributed by atoms with Crippen molar-refractivity contribution in [3.63, 3.8) is 0 Å². The van der Waals surface area contributed by atoms with Crippen molar-refractivity contribution in [1.29, 1.82) is 0 Å². The van der Waals surface area contributed by atoms with E-state index in [1.165, 1.54) is 17.7 Å². The van der Waals surface area contributed by atoms with Gasteiger partial charge in [-0.25, -0.2) is 8.78 Å². The number of esters is 1. The average Bonchev–Trinajstić information content (AvgIpc) is 2.81. The molecule has 1 unspecified atom stereocenters. The lowest BCUT2D eigenvalue weighted by Gasteiger charge is -2.26. The number of unbranched alkanes of at least 4 members (excludes halogenated alkanes) is 1. The third-order valence-corrected chi connectivity index (χ3v) is 7.08. The first-order valence-corrected chi connectivity index (χ1v) is 13.5. The fourth-order valence-electron chi connectivity index (χ4n) is 3.62. The number of halogens is 2. The topological polar surface area (TPSA) is 113 Å². The van der Waals surface area contributed by atoms with Crippen molar-refractivity contribution >= 4 is 17.1 Å². The molecule has 0 saturated carbocycles. The summed E-state index contributed by atoms with van der Waals surface area (Å²) in [5.74, 6) is -1.62. The first-order chi connectivity index (χ1) is 16.7. The molecule has 0 saturated heterocycles. The van der Waals surface area contributed by atoms with E-state index < -0.39 is 47.0 Å². The van der Waals surface area contributed by atoms with Gasteiger partial charge in [-0.15, -0.1) is 0 Å². The Morgan fingerprint density at radius 3 is 2.43 bits per heavy atom. The highest BCUT2D eigenvalue weighted by Crippen LogP contribution is 2.13. The number of nitrogens with two attached hydrogens (primary N) is 2. The second-order valence-electron chi connectivity index (χ2n) is 8.70. The summed E-state index contributed by atoms with van der Waals surface area (Å²) >= 11 is -1.22. The fourth-order valence-corrected chi connectivity index (χ4v) is 4.94. The van der Waals surface area contributed by atoms with Crippen LogP contribution in [0, 0.1) is 11.6 Å². The molecule has 35 heavy (non-hydrogen) atoms. The number of hydrogen-bond donors (Lipinski definition) is 3. The number of hydrogen-bond acceptors (Lipinski definition) is 6. The fraction of sp³-hybridized carbons (Fsp3) is 0.500. The molecule has 6 nitrogen and oxygen atoms in total. The van der Waals surface area contributed by atoms with E-state index in [0.29, 0.717) is 17.9 Å². The van der Waals surface area contributed by atoms with Crippen LogP contribution in [0.15, 0.2) is 42.5 Å². The summed E-state index contributed by atoms with van der Waals surface area (Å²) in [5, 5.41) is 3.25. The van der Waals surface area contributed by atoms with E-state index in [9.17, 15) is 18.1 Å². The van der Waals surface area contributed by atoms with Gasteiger partial charge in [0, 0.05) is 25.2 Å². The second-order valence-corrected chi connectivity index (χ2v) is 10.3. The van der Waals surface area contributed by atoms with Gasteiger partial charge in [0.2, 0.25) is 0 Å². The highest BCUT2D eigenvalue weighted by Gasteiger charge is 2.28. The Morgan fingerprint density at radius 2 is 1.77 bits per heavy atom. The Bertz CT molecular complexity index is 914. The Balaban J connectivity index is 2.05. The van der Waals surface area contributed by atoms with Crippen LogP contribution in [0.25, 0.3) is 0 Å². The lowest BCUT2D eigenvalue weighted by Crippen LogP contribution is -2.49. The Labute approximate surface area is 210 Å². The van der Waals surface area contributed by atoms with Gasteiger partial charge in [0.25, 0.3) is 0 Å². The average molecular weight is 510 g/mol. The SMILES string of the molecule is CCCC[S+]([O-])C[C@@H](N)C(=O)O[C@H](CNCc1cccc(CC)c1)[C@@H](N)Cc1cc(F)cc(F)c1. The zero-order valence-corrected chi connectivity index (χ0v) is 21.3. The number of ether oxygens (including phenoxy) is 1. The largest absolute Gasteiger partial charge is 0.616 e. The number of aryl methyl sites for hydroxylation is 1. The van der Waals surface area contributed by atoms with E-state index in [4.69, 9.17) is 16.2 Å². The number of rotatable bonds is 15. The molecule has 0 fully saturated rings. The molecule has 0 heterocycles. The molecule has 2 aromatic carbocycles. The van der Waals surface area contributed by atoms with E-state index in [1.807, 2.05) is 25.1 Å². The molecule has 4 atom stereocenters. The Hall–Kier alpha value is -2.04. The van der Waals surface area contributed by atoms with Crippen LogP contribution >= 0.6 is 0 Å². The first kappa shape index (κ1) is 29.2. The van der Waals surface area contributed by atoms with Crippen molar-refractivity contribution in [3.8, 4) is 0 Å². The molecular formula is C26H37F2N3O3S. The summed E-state index contributed by atoms with van der Waals surface area (Å²) < 4.78 is 45.0. The number of carbonyl (C=O) groups is 1. The Morgan fingerprint density at radius 1 is 1.09 bits per heavy atom. The van der Waals surface area contributed by atoms with Crippen LogP contribution in [0.5, 0.6) is 0 Å². The number of carbonyl (C=O) groups excluding carboxylic acids is 1. The molecule has 2 aromatic rings. The zero-order chi connectivity index (χ0) is 25.8. The second kappa shape index (κ2) is 15.2. The van der Waals surface area contributed by atoms with Gasteiger partial charge < -0.3 is 26.1 Å². The van der Waals surface area contributed by atoms with Gasteiger partial charge in [0.05, 0.1) is 0 Å². The molecule has 0 aliphatic carbocycles. The molecule has 0 spiro atoms. The van der Waals surface area contributed by atoms with Crippen LogP contribution < -0.4 is 16.8 Å². The maximum atomic E-state index is 13.6. The van der Waals surface area contributed by atoms with E-state index in [1.54, 1.807) is 0 Å². The molecule has 5 N–H and O–H groups in total. The number of nitrogens with one attached hydrogen (secondary N) is 1. The van der Waals surface area contributed by atoms with Crippen molar-refractivity contribution in [2.24, 2.45) is 11.5 Å². The lowest BCUT2D eigenvalue weighted by molar-refractivity contribution is -0.151. The molecule has 0 aliphatic heterocycles. The highest BCUT2D eigenvalue weighted by molar-refractivity contribution is 7.91. The molecule has 0 bridgehead atoms. The van der Waals surface area contributed by atoms with Crippen molar-refractivity contribution in [3.05, 3.63) is 70.8 Å². The highest BCUT2D eigenvalue weighted by atomic mass is 32.2. The summed E-state index contributed by atoms with van der Waals surface area (Å²) in [6, 6.07) is 9.51. The molecule has 0 radical (unpaired) electrons. The van der Waals surface area contributed by atoms with Gasteiger partial charge in [-0.2, -0.15) is 0 Å². The maximum Gasteiger partial charge on any atom is 0.328 e. The summed E-state index contributed by atoms with van der Waals surface area (Å²) in [5.41, 5.74) is 14.9. The van der Waals surface area contributed by atoms with Crippen LogP contribution in [0.4, 0.5) is 8.78 Å². The van der Waals surface area contributed by atoms with E-state index in [-0.39, 0.29) is 18.7 Å². The smallest absolute Gasteiger partial charge is 0.328 e. The predicted molar refractivity (Wildman–Crippen MR) is 136 cm³/mol. The summed E-state index contributed by atoms with van der Waals surface area (Å²) in [6.07, 6.45) is 1.89. The quantitative estimate of drug-likeness (QED) is 0.251. The van der Waals surface area contributed by atoms with Gasteiger partial charge in [0.15, 0.2) is 0 Å². The van der Waals surface area contributed by atoms with Crippen molar-refractivity contribution in [2.75, 3.05) is 18.1 Å². The predicted octanol–water partition coefficient (Wildman–Crippen LogP) is 2.97. The first-order valence-electron chi connectivity index (χ1n) is 12.0. The normalized spacial score (nSPS) is 14.8. The van der Waals surface area contributed by atoms with Crippen molar-refractivity contribution in [2.45, 2.75) is 64.3 Å². The molecule has 0 aliphatic rings.